The first-order valence-corrected chi connectivity index (χ1v) is 10.8. The molecule has 0 N–H and O–H groups in total. The molecule has 25 heavy (non-hydrogen) atoms. The lowest BCUT2D eigenvalue weighted by molar-refractivity contribution is -0.174. The minimum absolute atomic E-state index is 0.0682. The second-order valence-electron chi connectivity index (χ2n) is 10.1. The van der Waals surface area contributed by atoms with Crippen LogP contribution in [0.2, 0.25) is 0 Å². The summed E-state index contributed by atoms with van der Waals surface area (Å²) in [5, 5.41) is 0. The number of carbonyl (C=O) groups excluding carboxylic acids is 1. The van der Waals surface area contributed by atoms with Crippen LogP contribution in [0, 0.1) is 34.5 Å². The second kappa shape index (κ2) is 4.91. The Balaban J connectivity index is 1.62. The van der Waals surface area contributed by atoms with E-state index in [1.165, 1.54) is 51.6 Å². The van der Waals surface area contributed by atoms with E-state index in [9.17, 15) is 4.79 Å². The number of hydrogen-bond acceptors (Lipinski definition) is 3. The monoisotopic (exact) mass is 341 g/mol. The van der Waals surface area contributed by atoms with Gasteiger partial charge in [-0.2, -0.15) is 0 Å². The molecule has 3 nitrogen and oxygen atoms in total. The van der Waals surface area contributed by atoms with Gasteiger partial charge in [-0.3, -0.25) is 9.69 Å². The molecule has 6 rings (SSSR count). The molecule has 3 heterocycles. The molecule has 0 spiro atoms. The fourth-order valence-corrected chi connectivity index (χ4v) is 8.75. The number of piperidine rings is 1. The molecule has 0 aromatic rings. The van der Waals surface area contributed by atoms with Gasteiger partial charge in [0, 0.05) is 36.4 Å². The predicted molar refractivity (Wildman–Crippen MR) is 95.8 cm³/mol. The molecule has 4 bridgehead atoms. The summed E-state index contributed by atoms with van der Waals surface area (Å²) >= 11 is 0. The van der Waals surface area contributed by atoms with E-state index in [1.54, 1.807) is 5.57 Å². The third-order valence-corrected chi connectivity index (χ3v) is 9.52. The van der Waals surface area contributed by atoms with Gasteiger partial charge in [0.1, 0.15) is 0 Å². The van der Waals surface area contributed by atoms with Gasteiger partial charge in [-0.1, -0.05) is 18.6 Å². The average molecular weight is 341 g/mol. The summed E-state index contributed by atoms with van der Waals surface area (Å²) in [6.07, 6.45) is 12.4. The van der Waals surface area contributed by atoms with Crippen LogP contribution in [-0.2, 0) is 9.53 Å². The normalized spacial score (nSPS) is 54.0. The minimum atomic E-state index is 0.0682. The molecule has 0 radical (unpaired) electrons. The lowest BCUT2D eigenvalue weighted by Crippen LogP contribution is -2.68. The van der Waals surface area contributed by atoms with Gasteiger partial charge in [0.2, 0.25) is 0 Å². The van der Waals surface area contributed by atoms with Crippen LogP contribution < -0.4 is 0 Å². The molecular weight excluding hydrogens is 310 g/mol. The van der Waals surface area contributed by atoms with Gasteiger partial charge in [0.25, 0.3) is 0 Å². The molecule has 0 amide bonds. The van der Waals surface area contributed by atoms with Crippen LogP contribution in [0.5, 0.6) is 0 Å². The Hall–Kier alpha value is -0.830. The highest BCUT2D eigenvalue weighted by atomic mass is 16.5. The fraction of sp³-hybridized carbons (Fsp3) is 0.864. The van der Waals surface area contributed by atoms with Crippen molar-refractivity contribution in [2.24, 2.45) is 34.5 Å². The van der Waals surface area contributed by atoms with Gasteiger partial charge in [0.15, 0.2) is 0 Å². The highest BCUT2D eigenvalue weighted by Gasteiger charge is 2.72. The van der Waals surface area contributed by atoms with Crippen LogP contribution in [-0.4, -0.2) is 36.6 Å². The van der Waals surface area contributed by atoms with E-state index < -0.39 is 0 Å². The predicted octanol–water partition coefficient (Wildman–Crippen LogP) is 3.79. The number of hydrogen-bond donors (Lipinski definition) is 0. The van der Waals surface area contributed by atoms with Crippen LogP contribution in [0.15, 0.2) is 11.6 Å². The first kappa shape index (κ1) is 15.2. The number of rotatable bonds is 0. The molecule has 7 atom stereocenters. The third-order valence-electron chi connectivity index (χ3n) is 9.52. The maximum absolute atomic E-state index is 12.4. The number of ether oxygens (including phenoxy) is 1. The number of esters is 1. The fourth-order valence-electron chi connectivity index (χ4n) is 8.75. The Bertz CT molecular complexity index is 656. The minimum Gasteiger partial charge on any atom is -0.465 e. The molecule has 5 fully saturated rings. The molecule has 2 unspecified atom stereocenters. The van der Waals surface area contributed by atoms with Crippen molar-refractivity contribution in [1.29, 1.82) is 0 Å². The van der Waals surface area contributed by atoms with E-state index in [0.717, 1.165) is 30.1 Å². The van der Waals surface area contributed by atoms with E-state index >= 15 is 0 Å². The maximum atomic E-state index is 12.4. The van der Waals surface area contributed by atoms with E-state index in [1.807, 2.05) is 0 Å². The Morgan fingerprint density at radius 1 is 1.16 bits per heavy atom. The van der Waals surface area contributed by atoms with Gasteiger partial charge < -0.3 is 4.74 Å². The first-order valence-electron chi connectivity index (χ1n) is 10.8. The molecule has 3 heteroatoms. The molecular formula is C22H31NO2. The van der Waals surface area contributed by atoms with Crippen LogP contribution in [0.25, 0.3) is 0 Å². The maximum Gasteiger partial charge on any atom is 0.305 e. The Morgan fingerprint density at radius 3 is 3.00 bits per heavy atom. The van der Waals surface area contributed by atoms with Crippen LogP contribution in [0.3, 0.4) is 0 Å². The Kier molecular flexibility index (Phi) is 2.99. The standard InChI is InChI=1S/C22H31NO2/c1-14-11-23-12-16-6-5-15-3-2-4-18(15)22-10-8-19(24)25-13-21(16,22)9-7-17(14)20(22)23/h4,14-17,20H,2-3,5-13H2,1H3/t14-,15-,16+,17?,20+,21?,22-/m1/s1. The zero-order valence-corrected chi connectivity index (χ0v) is 15.5. The van der Waals surface area contributed by atoms with Crippen molar-refractivity contribution < 1.29 is 9.53 Å². The van der Waals surface area contributed by atoms with Gasteiger partial charge in [0.05, 0.1) is 6.61 Å². The summed E-state index contributed by atoms with van der Waals surface area (Å²) < 4.78 is 5.92. The SMILES string of the molecule is C[C@@H]1CN2C[C@@H]3CC[C@H]4CCC=C4[C@@]45CCC(=O)OCC34CCC1[C@H]25. The highest BCUT2D eigenvalue weighted by Crippen LogP contribution is 2.73. The summed E-state index contributed by atoms with van der Waals surface area (Å²) in [6.45, 7) is 5.76. The second-order valence-corrected chi connectivity index (χ2v) is 10.1. The number of allylic oxidation sites excluding steroid dienone is 1. The molecule has 0 aromatic heterocycles. The van der Waals surface area contributed by atoms with Crippen molar-refractivity contribution in [2.45, 2.75) is 64.3 Å². The zero-order valence-electron chi connectivity index (χ0n) is 15.5. The lowest BCUT2D eigenvalue weighted by Gasteiger charge is -2.66. The smallest absolute Gasteiger partial charge is 0.305 e. The lowest BCUT2D eigenvalue weighted by atomic mass is 9.42. The summed E-state index contributed by atoms with van der Waals surface area (Å²) in [5.74, 6) is 3.25. The first-order chi connectivity index (χ1) is 12.2. The third kappa shape index (κ3) is 1.66. The largest absolute Gasteiger partial charge is 0.465 e. The molecule has 3 aliphatic heterocycles. The summed E-state index contributed by atoms with van der Waals surface area (Å²) in [4.78, 5) is 15.2. The van der Waals surface area contributed by atoms with Crippen molar-refractivity contribution >= 4 is 5.97 Å². The number of carbonyl (C=O) groups is 1. The number of cyclic esters (lactones) is 1. The number of nitrogens with zero attached hydrogens (tertiary/aromatic N) is 1. The molecule has 3 aliphatic carbocycles. The summed E-state index contributed by atoms with van der Waals surface area (Å²) in [7, 11) is 0. The van der Waals surface area contributed by atoms with Crippen molar-refractivity contribution in [2.75, 3.05) is 19.7 Å². The van der Waals surface area contributed by atoms with Crippen molar-refractivity contribution in [3.05, 3.63) is 11.6 Å². The number of fused-ring (bicyclic) bond motifs is 1. The van der Waals surface area contributed by atoms with Gasteiger partial charge in [-0.05, 0) is 68.6 Å². The quantitative estimate of drug-likeness (QED) is 0.496. The molecule has 0 aromatic carbocycles. The van der Waals surface area contributed by atoms with Gasteiger partial charge >= 0.3 is 5.97 Å². The van der Waals surface area contributed by atoms with Crippen molar-refractivity contribution in [3.63, 3.8) is 0 Å². The Morgan fingerprint density at radius 2 is 2.08 bits per heavy atom. The average Bonchev–Trinajstić information content (AvgIpc) is 3.14. The highest BCUT2D eigenvalue weighted by molar-refractivity contribution is 5.70. The zero-order chi connectivity index (χ0) is 16.8. The van der Waals surface area contributed by atoms with E-state index in [0.29, 0.717) is 19.1 Å². The van der Waals surface area contributed by atoms with Gasteiger partial charge in [-0.25, -0.2) is 0 Å². The van der Waals surface area contributed by atoms with Gasteiger partial charge in [-0.15, -0.1) is 0 Å². The van der Waals surface area contributed by atoms with E-state index in [2.05, 4.69) is 17.9 Å². The van der Waals surface area contributed by atoms with Crippen molar-refractivity contribution in [3.8, 4) is 0 Å². The van der Waals surface area contributed by atoms with E-state index in [4.69, 9.17) is 4.74 Å². The van der Waals surface area contributed by atoms with E-state index in [-0.39, 0.29) is 16.8 Å². The van der Waals surface area contributed by atoms with Crippen LogP contribution in [0.4, 0.5) is 0 Å². The van der Waals surface area contributed by atoms with Crippen LogP contribution >= 0.6 is 0 Å². The summed E-state index contributed by atoms with van der Waals surface area (Å²) in [5.41, 5.74) is 2.28. The Labute approximate surface area is 151 Å². The summed E-state index contributed by atoms with van der Waals surface area (Å²) in [6, 6.07) is 0.687. The van der Waals surface area contributed by atoms with Crippen molar-refractivity contribution in [1.82, 2.24) is 4.90 Å². The molecule has 3 saturated heterocycles. The van der Waals surface area contributed by atoms with Crippen LogP contribution in [0.1, 0.15) is 58.3 Å². The molecule has 136 valence electrons. The molecule has 2 saturated carbocycles. The molecule has 6 aliphatic rings. The topological polar surface area (TPSA) is 29.5 Å².